The van der Waals surface area contributed by atoms with E-state index in [-0.39, 0.29) is 22.9 Å². The summed E-state index contributed by atoms with van der Waals surface area (Å²) in [6.07, 6.45) is 0. The van der Waals surface area contributed by atoms with Gasteiger partial charge in [0.05, 0.1) is 4.92 Å². The Hall–Kier alpha value is -2.40. The first-order valence-electron chi connectivity index (χ1n) is 6.14. The zero-order chi connectivity index (χ0) is 15.4. The highest BCUT2D eigenvalue weighted by Crippen LogP contribution is 2.24. The van der Waals surface area contributed by atoms with E-state index in [4.69, 9.17) is 16.3 Å². The number of halogens is 1. The van der Waals surface area contributed by atoms with E-state index in [1.54, 1.807) is 0 Å². The molecule has 0 aliphatic heterocycles. The van der Waals surface area contributed by atoms with E-state index in [0.717, 1.165) is 17.2 Å². The Balaban J connectivity index is 2.13. The molecule has 2 aromatic rings. The first-order chi connectivity index (χ1) is 9.97. The number of nitro groups is 1. The Labute approximate surface area is 126 Å². The van der Waals surface area contributed by atoms with Crippen LogP contribution in [0.1, 0.15) is 21.5 Å². The second-order valence-electron chi connectivity index (χ2n) is 4.48. The van der Waals surface area contributed by atoms with Crippen molar-refractivity contribution >= 4 is 23.3 Å². The number of carbonyl (C=O) groups excluding carboxylic acids is 1. The standard InChI is InChI=1S/C15H12ClNO4/c1-10-2-4-11(5-3-10)9-21-15(18)13-7-6-12(16)8-14(13)17(19)20/h2-8H,9H2,1H3. The maximum absolute atomic E-state index is 12.0. The Kier molecular flexibility index (Phi) is 4.55. The minimum atomic E-state index is -0.751. The summed E-state index contributed by atoms with van der Waals surface area (Å²) >= 11 is 5.70. The zero-order valence-electron chi connectivity index (χ0n) is 11.2. The van der Waals surface area contributed by atoms with Crippen LogP contribution in [0.15, 0.2) is 42.5 Å². The van der Waals surface area contributed by atoms with Gasteiger partial charge in [-0.05, 0) is 24.6 Å². The predicted molar refractivity (Wildman–Crippen MR) is 78.4 cm³/mol. The molecule has 5 nitrogen and oxygen atoms in total. The lowest BCUT2D eigenvalue weighted by atomic mass is 10.1. The van der Waals surface area contributed by atoms with Gasteiger partial charge in [-0.3, -0.25) is 10.1 Å². The molecule has 0 atom stereocenters. The molecule has 0 aromatic heterocycles. The lowest BCUT2D eigenvalue weighted by molar-refractivity contribution is -0.385. The van der Waals surface area contributed by atoms with E-state index in [2.05, 4.69) is 0 Å². The number of nitrogens with zero attached hydrogens (tertiary/aromatic N) is 1. The first kappa shape index (κ1) is 15.0. The number of rotatable bonds is 4. The number of ether oxygens (including phenoxy) is 1. The van der Waals surface area contributed by atoms with Gasteiger partial charge < -0.3 is 4.74 Å². The van der Waals surface area contributed by atoms with Gasteiger partial charge in [-0.2, -0.15) is 0 Å². The minimum Gasteiger partial charge on any atom is -0.457 e. The van der Waals surface area contributed by atoms with Crippen molar-refractivity contribution in [3.8, 4) is 0 Å². The lowest BCUT2D eigenvalue weighted by Gasteiger charge is -2.06. The van der Waals surface area contributed by atoms with E-state index in [9.17, 15) is 14.9 Å². The second kappa shape index (κ2) is 6.37. The van der Waals surface area contributed by atoms with Gasteiger partial charge in [0.1, 0.15) is 12.2 Å². The summed E-state index contributed by atoms with van der Waals surface area (Å²) in [6.45, 7) is 2.01. The van der Waals surface area contributed by atoms with Gasteiger partial charge in [0.15, 0.2) is 0 Å². The molecule has 21 heavy (non-hydrogen) atoms. The fraction of sp³-hybridized carbons (Fsp3) is 0.133. The third-order valence-corrected chi connectivity index (χ3v) is 3.10. The number of aryl methyl sites for hydroxylation is 1. The van der Waals surface area contributed by atoms with Gasteiger partial charge in [-0.25, -0.2) is 4.79 Å². The molecule has 0 fully saturated rings. The number of benzene rings is 2. The molecule has 0 bridgehead atoms. The van der Waals surface area contributed by atoms with Crippen LogP contribution in [0, 0.1) is 17.0 Å². The van der Waals surface area contributed by atoms with Crippen molar-refractivity contribution in [3.63, 3.8) is 0 Å². The SMILES string of the molecule is Cc1ccc(COC(=O)c2ccc(Cl)cc2[N+](=O)[O-])cc1. The molecule has 0 spiro atoms. The topological polar surface area (TPSA) is 69.4 Å². The van der Waals surface area contributed by atoms with Crippen molar-refractivity contribution in [2.75, 3.05) is 0 Å². The third kappa shape index (κ3) is 3.79. The van der Waals surface area contributed by atoms with E-state index in [0.29, 0.717) is 0 Å². The first-order valence-corrected chi connectivity index (χ1v) is 6.52. The number of carbonyl (C=O) groups is 1. The van der Waals surface area contributed by atoms with Crippen molar-refractivity contribution < 1.29 is 14.5 Å². The summed E-state index contributed by atoms with van der Waals surface area (Å²) in [5.41, 5.74) is 1.43. The Bertz CT molecular complexity index is 683. The van der Waals surface area contributed by atoms with Crippen LogP contribution in [-0.4, -0.2) is 10.9 Å². The van der Waals surface area contributed by atoms with Gasteiger partial charge in [0.25, 0.3) is 5.69 Å². The van der Waals surface area contributed by atoms with Crippen LogP contribution in [0.3, 0.4) is 0 Å². The minimum absolute atomic E-state index is 0.0545. The molecule has 2 rings (SSSR count). The third-order valence-electron chi connectivity index (χ3n) is 2.87. The zero-order valence-corrected chi connectivity index (χ0v) is 12.0. The highest BCUT2D eigenvalue weighted by Gasteiger charge is 2.21. The van der Waals surface area contributed by atoms with Crippen LogP contribution in [-0.2, 0) is 11.3 Å². The Morgan fingerprint density at radius 1 is 1.24 bits per heavy atom. The van der Waals surface area contributed by atoms with Crippen molar-refractivity contribution in [3.05, 3.63) is 74.3 Å². The van der Waals surface area contributed by atoms with Crippen LogP contribution in [0.2, 0.25) is 5.02 Å². The van der Waals surface area contributed by atoms with Gasteiger partial charge >= 0.3 is 5.97 Å². The van der Waals surface area contributed by atoms with Gasteiger partial charge in [-0.1, -0.05) is 41.4 Å². The Morgan fingerprint density at radius 2 is 1.90 bits per heavy atom. The van der Waals surface area contributed by atoms with Crippen molar-refractivity contribution in [2.24, 2.45) is 0 Å². The normalized spacial score (nSPS) is 10.2. The van der Waals surface area contributed by atoms with Gasteiger partial charge in [-0.15, -0.1) is 0 Å². The summed E-state index contributed by atoms with van der Waals surface area (Å²) in [4.78, 5) is 22.2. The van der Waals surface area contributed by atoms with Crippen LogP contribution >= 0.6 is 11.6 Å². The summed E-state index contributed by atoms with van der Waals surface area (Å²) in [5.74, 6) is -0.751. The molecule has 108 valence electrons. The molecule has 0 radical (unpaired) electrons. The van der Waals surface area contributed by atoms with Crippen LogP contribution < -0.4 is 0 Å². The van der Waals surface area contributed by atoms with E-state index >= 15 is 0 Å². The molecule has 6 heteroatoms. The average molecular weight is 306 g/mol. The molecule has 0 aliphatic rings. The van der Waals surface area contributed by atoms with Gasteiger partial charge in [0, 0.05) is 11.1 Å². The van der Waals surface area contributed by atoms with Crippen molar-refractivity contribution in [1.29, 1.82) is 0 Å². The maximum Gasteiger partial charge on any atom is 0.345 e. The number of hydrogen-bond acceptors (Lipinski definition) is 4. The summed E-state index contributed by atoms with van der Waals surface area (Å²) in [7, 11) is 0. The largest absolute Gasteiger partial charge is 0.457 e. The fourth-order valence-corrected chi connectivity index (χ4v) is 1.91. The highest BCUT2D eigenvalue weighted by molar-refractivity contribution is 6.31. The number of nitro benzene ring substituents is 1. The maximum atomic E-state index is 12.0. The molecule has 0 saturated carbocycles. The lowest BCUT2D eigenvalue weighted by Crippen LogP contribution is -2.08. The van der Waals surface area contributed by atoms with Crippen LogP contribution in [0.25, 0.3) is 0 Å². The van der Waals surface area contributed by atoms with Crippen LogP contribution in [0.4, 0.5) is 5.69 Å². The summed E-state index contributed by atoms with van der Waals surface area (Å²) < 4.78 is 5.10. The second-order valence-corrected chi connectivity index (χ2v) is 4.92. The quantitative estimate of drug-likeness (QED) is 0.488. The van der Waals surface area contributed by atoms with E-state index < -0.39 is 10.9 Å². The molecule has 0 aliphatic carbocycles. The van der Waals surface area contributed by atoms with Crippen molar-refractivity contribution in [2.45, 2.75) is 13.5 Å². The molecule has 2 aromatic carbocycles. The molecule has 0 amide bonds. The smallest absolute Gasteiger partial charge is 0.345 e. The molecular formula is C15H12ClNO4. The molecule has 0 N–H and O–H groups in total. The monoisotopic (exact) mass is 305 g/mol. The number of hydrogen-bond donors (Lipinski definition) is 0. The summed E-state index contributed by atoms with van der Waals surface area (Å²) in [6, 6.07) is 11.3. The average Bonchev–Trinajstić information content (AvgIpc) is 2.46. The molecule has 0 heterocycles. The molecular weight excluding hydrogens is 294 g/mol. The fourth-order valence-electron chi connectivity index (χ4n) is 1.74. The van der Waals surface area contributed by atoms with E-state index in [1.165, 1.54) is 12.1 Å². The van der Waals surface area contributed by atoms with Crippen LogP contribution in [0.5, 0.6) is 0 Å². The van der Waals surface area contributed by atoms with E-state index in [1.807, 2.05) is 31.2 Å². The number of esters is 1. The van der Waals surface area contributed by atoms with Crippen molar-refractivity contribution in [1.82, 2.24) is 0 Å². The molecule has 0 unspecified atom stereocenters. The Morgan fingerprint density at radius 3 is 2.52 bits per heavy atom. The summed E-state index contributed by atoms with van der Waals surface area (Å²) in [5, 5.41) is 11.1. The molecule has 0 saturated heterocycles. The highest BCUT2D eigenvalue weighted by atomic mass is 35.5. The predicted octanol–water partition coefficient (Wildman–Crippen LogP) is 3.91. The van der Waals surface area contributed by atoms with Gasteiger partial charge in [0.2, 0.25) is 0 Å².